The molecule has 5 heteroatoms. The number of rotatable bonds is 1. The van der Waals surface area contributed by atoms with Crippen LogP contribution in [0.1, 0.15) is 5.56 Å². The Morgan fingerprint density at radius 1 is 1.16 bits per heavy atom. The van der Waals surface area contributed by atoms with Crippen molar-refractivity contribution in [3.8, 4) is 0 Å². The zero-order valence-electron chi connectivity index (χ0n) is 9.88. The third-order valence-electron chi connectivity index (χ3n) is 3.07. The van der Waals surface area contributed by atoms with Crippen molar-refractivity contribution in [1.29, 1.82) is 0 Å². The first-order valence-electron chi connectivity index (χ1n) is 5.71. The van der Waals surface area contributed by atoms with Crippen LogP contribution in [0.4, 0.5) is 11.4 Å². The highest BCUT2D eigenvalue weighted by Gasteiger charge is 2.24. The fraction of sp³-hybridized carbons (Fsp3) is 0.0714. The molecule has 19 heavy (non-hydrogen) atoms. The Morgan fingerprint density at radius 3 is 2.74 bits per heavy atom. The van der Waals surface area contributed by atoms with Crippen molar-refractivity contribution < 1.29 is 9.00 Å². The molecule has 1 aliphatic rings. The molecule has 0 aliphatic carbocycles. The summed E-state index contributed by atoms with van der Waals surface area (Å²) in [6.45, 7) is 0. The second-order valence-corrected chi connectivity index (χ2v) is 6.06. The summed E-state index contributed by atoms with van der Waals surface area (Å²) in [5.74, 6) is 0.398. The smallest absolute Gasteiger partial charge is 0.218 e. The zero-order valence-corrected chi connectivity index (χ0v) is 11.4. The van der Waals surface area contributed by atoms with Crippen LogP contribution in [0.2, 0.25) is 5.02 Å². The van der Waals surface area contributed by atoms with Gasteiger partial charge in [0.15, 0.2) is 0 Å². The number of nitrogens with zero attached hydrogens (tertiary/aromatic N) is 1. The molecule has 1 aliphatic heterocycles. The van der Waals surface area contributed by atoms with E-state index in [1.165, 1.54) is 4.90 Å². The summed E-state index contributed by atoms with van der Waals surface area (Å²) in [6.07, 6.45) is 0.733. The molecule has 1 heterocycles. The Morgan fingerprint density at radius 2 is 1.95 bits per heavy atom. The highest BCUT2D eigenvalue weighted by molar-refractivity contribution is 7.84. The zero-order chi connectivity index (χ0) is 13.4. The second-order valence-electron chi connectivity index (χ2n) is 4.21. The summed E-state index contributed by atoms with van der Waals surface area (Å²) in [5.41, 5.74) is 2.23. The second kappa shape index (κ2) is 4.79. The number of anilines is 2. The van der Waals surface area contributed by atoms with Gasteiger partial charge < -0.3 is 0 Å². The highest BCUT2D eigenvalue weighted by atomic mass is 35.5. The average molecular weight is 292 g/mol. The van der Waals surface area contributed by atoms with Crippen LogP contribution in [-0.4, -0.2) is 10.6 Å². The van der Waals surface area contributed by atoms with Gasteiger partial charge in [-0.15, -0.1) is 0 Å². The maximum atomic E-state index is 12.4. The number of fused-ring (bicyclic) bond motifs is 2. The summed E-state index contributed by atoms with van der Waals surface area (Å²) in [4.78, 5) is 13.6. The lowest BCUT2D eigenvalue weighted by Gasteiger charge is -2.19. The van der Waals surface area contributed by atoms with Crippen molar-refractivity contribution in [2.45, 2.75) is 10.6 Å². The van der Waals surface area contributed by atoms with Gasteiger partial charge in [0.1, 0.15) is 0 Å². The number of amides is 1. The maximum absolute atomic E-state index is 12.4. The van der Waals surface area contributed by atoms with E-state index in [-0.39, 0.29) is 0 Å². The minimum atomic E-state index is -1.18. The summed E-state index contributed by atoms with van der Waals surface area (Å²) in [7, 11) is -1.18. The van der Waals surface area contributed by atoms with Gasteiger partial charge in [-0.1, -0.05) is 29.8 Å². The third kappa shape index (κ3) is 2.07. The van der Waals surface area contributed by atoms with Gasteiger partial charge in [0.25, 0.3) is 0 Å². The Labute approximate surface area is 118 Å². The van der Waals surface area contributed by atoms with E-state index in [1.54, 1.807) is 18.2 Å². The minimum absolute atomic E-state index is 0.398. The van der Waals surface area contributed by atoms with Gasteiger partial charge in [-0.25, -0.2) is 0 Å². The van der Waals surface area contributed by atoms with E-state index in [1.807, 2.05) is 24.3 Å². The molecule has 0 radical (unpaired) electrons. The minimum Gasteiger partial charge on any atom is -0.282 e. The number of carbonyl (C=O) groups is 1. The molecule has 1 atom stereocenters. The van der Waals surface area contributed by atoms with Gasteiger partial charge in [-0.05, 0) is 29.8 Å². The molecule has 0 unspecified atom stereocenters. The largest absolute Gasteiger partial charge is 0.282 e. The number of carbonyl (C=O) groups excluding carboxylic acids is 1. The normalized spacial score (nSPS) is 17.3. The molecule has 0 spiro atoms. The standard InChI is InChI=1S/C14H10ClNO2S/c15-11-5-6-14-13(7-11)16(9-17)12-4-2-1-3-10(12)8-19(14)18/h1-7,9H,8H2/t19-/m1/s1. The van der Waals surface area contributed by atoms with Gasteiger partial charge in [0, 0.05) is 5.02 Å². The number of hydrogen-bond acceptors (Lipinski definition) is 2. The summed E-state index contributed by atoms with van der Waals surface area (Å²) >= 11 is 5.99. The van der Waals surface area contributed by atoms with E-state index in [2.05, 4.69) is 0 Å². The van der Waals surface area contributed by atoms with Crippen LogP contribution in [0.15, 0.2) is 47.4 Å². The van der Waals surface area contributed by atoms with E-state index in [0.717, 1.165) is 17.7 Å². The summed E-state index contributed by atoms with van der Waals surface area (Å²) < 4.78 is 12.4. The Balaban J connectivity index is 2.30. The van der Waals surface area contributed by atoms with Crippen molar-refractivity contribution in [2.24, 2.45) is 0 Å². The van der Waals surface area contributed by atoms with Crippen molar-refractivity contribution in [3.05, 3.63) is 53.1 Å². The lowest BCUT2D eigenvalue weighted by Crippen LogP contribution is -2.15. The SMILES string of the molecule is O=CN1c2ccccc2C[S@@](=O)c2ccc(Cl)cc21. The van der Waals surface area contributed by atoms with Crippen LogP contribution < -0.4 is 4.90 Å². The fourth-order valence-corrected chi connectivity index (χ4v) is 3.66. The Kier molecular flexibility index (Phi) is 3.12. The molecule has 0 N–H and O–H groups in total. The molecule has 0 fully saturated rings. The monoisotopic (exact) mass is 291 g/mol. The molecule has 0 saturated heterocycles. The molecule has 1 amide bonds. The first-order valence-corrected chi connectivity index (χ1v) is 7.41. The Hall–Kier alpha value is -1.65. The predicted molar refractivity (Wildman–Crippen MR) is 76.2 cm³/mol. The molecule has 0 saturated carbocycles. The number of para-hydroxylation sites is 1. The lowest BCUT2D eigenvalue weighted by atomic mass is 10.1. The van der Waals surface area contributed by atoms with E-state index >= 15 is 0 Å². The highest BCUT2D eigenvalue weighted by Crippen LogP contribution is 2.38. The molecule has 96 valence electrons. The molecule has 0 bridgehead atoms. The quantitative estimate of drug-likeness (QED) is 0.756. The molecule has 3 nitrogen and oxygen atoms in total. The fourth-order valence-electron chi connectivity index (χ4n) is 2.20. The van der Waals surface area contributed by atoms with Gasteiger partial charge in [0.2, 0.25) is 6.41 Å². The molecule has 3 rings (SSSR count). The maximum Gasteiger partial charge on any atom is 0.218 e. The molecular weight excluding hydrogens is 282 g/mol. The van der Waals surface area contributed by atoms with Crippen molar-refractivity contribution in [1.82, 2.24) is 0 Å². The van der Waals surface area contributed by atoms with Gasteiger partial charge in [0.05, 0.1) is 32.8 Å². The molecule has 0 aromatic heterocycles. The van der Waals surface area contributed by atoms with Gasteiger partial charge in [-0.2, -0.15) is 0 Å². The van der Waals surface area contributed by atoms with Crippen LogP contribution in [0.3, 0.4) is 0 Å². The first kappa shape index (κ1) is 12.4. The average Bonchev–Trinajstić information content (AvgIpc) is 2.52. The van der Waals surface area contributed by atoms with Crippen LogP contribution in [-0.2, 0) is 21.3 Å². The van der Waals surface area contributed by atoms with Crippen molar-refractivity contribution in [3.63, 3.8) is 0 Å². The molecule has 2 aromatic carbocycles. The lowest BCUT2D eigenvalue weighted by molar-refractivity contribution is -0.106. The van der Waals surface area contributed by atoms with E-state index in [0.29, 0.717) is 21.4 Å². The third-order valence-corrected chi connectivity index (χ3v) is 4.71. The number of hydrogen-bond donors (Lipinski definition) is 0. The van der Waals surface area contributed by atoms with Crippen LogP contribution in [0.25, 0.3) is 0 Å². The van der Waals surface area contributed by atoms with E-state index < -0.39 is 10.8 Å². The van der Waals surface area contributed by atoms with Crippen LogP contribution in [0.5, 0.6) is 0 Å². The topological polar surface area (TPSA) is 37.4 Å². The number of benzene rings is 2. The Bertz CT molecular complexity index is 687. The van der Waals surface area contributed by atoms with Gasteiger partial charge in [-0.3, -0.25) is 13.9 Å². The van der Waals surface area contributed by atoms with E-state index in [4.69, 9.17) is 11.6 Å². The summed E-state index contributed by atoms with van der Waals surface area (Å²) in [6, 6.07) is 12.5. The van der Waals surface area contributed by atoms with Crippen molar-refractivity contribution in [2.75, 3.05) is 4.90 Å². The molecule has 2 aromatic rings. The predicted octanol–water partition coefficient (Wildman–Crippen LogP) is 3.26. The van der Waals surface area contributed by atoms with Gasteiger partial charge >= 0.3 is 0 Å². The van der Waals surface area contributed by atoms with Crippen LogP contribution in [0, 0.1) is 0 Å². The van der Waals surface area contributed by atoms with Crippen LogP contribution >= 0.6 is 11.6 Å². The van der Waals surface area contributed by atoms with E-state index in [9.17, 15) is 9.00 Å². The summed E-state index contributed by atoms with van der Waals surface area (Å²) in [5, 5.41) is 0.516. The van der Waals surface area contributed by atoms with Crippen molar-refractivity contribution >= 4 is 40.2 Å². The first-order chi connectivity index (χ1) is 9.20. The molecular formula is C14H10ClNO2S. The number of halogens is 1.